The number of carbonyl (C=O) groups excluding carboxylic acids is 2. The number of hydrogen-bond acceptors (Lipinski definition) is 8. The summed E-state index contributed by atoms with van der Waals surface area (Å²) in [6.45, 7) is 0.538. The second-order valence-electron chi connectivity index (χ2n) is 7.23. The van der Waals surface area contributed by atoms with Gasteiger partial charge in [-0.3, -0.25) is 37.9 Å². The summed E-state index contributed by atoms with van der Waals surface area (Å²) in [6, 6.07) is 0. The first-order chi connectivity index (χ1) is 16.2. The molecule has 2 rings (SSSR count). The van der Waals surface area contributed by atoms with Crippen LogP contribution in [0.15, 0.2) is 15.3 Å². The molecule has 0 spiro atoms. The van der Waals surface area contributed by atoms with Crippen molar-refractivity contribution in [2.75, 3.05) is 0 Å². The molecule has 0 bridgehead atoms. The minimum absolute atomic E-state index is 0.105. The van der Waals surface area contributed by atoms with Gasteiger partial charge in [-0.1, -0.05) is 0 Å². The van der Waals surface area contributed by atoms with Crippen molar-refractivity contribution < 1.29 is 39.6 Å². The molecule has 2 aromatic rings. The first-order valence-corrected chi connectivity index (χ1v) is 9.59. The van der Waals surface area contributed by atoms with Crippen LogP contribution in [0.1, 0.15) is 43.0 Å². The number of aliphatic carboxylic acids is 2. The average molecular weight is 488 g/mol. The average Bonchev–Trinajstić information content (AvgIpc) is 2.72. The zero-order valence-corrected chi connectivity index (χ0v) is 18.4. The Balaban J connectivity index is 2.87. The molecule has 14 nitrogen and oxygen atoms in total. The van der Waals surface area contributed by atoms with Gasteiger partial charge in [-0.05, 0) is 37.1 Å². The molecule has 184 valence electrons. The van der Waals surface area contributed by atoms with Crippen LogP contribution in [0.3, 0.4) is 0 Å². The van der Waals surface area contributed by atoms with E-state index in [4.69, 9.17) is 21.7 Å². The first-order valence-electron chi connectivity index (χ1n) is 9.59. The second kappa shape index (κ2) is 9.80. The van der Waals surface area contributed by atoms with E-state index in [1.165, 1.54) is 13.8 Å². The molecular formula is C21H20N4O10. The lowest BCUT2D eigenvalue weighted by Crippen LogP contribution is -2.30. The third-order valence-electron chi connectivity index (χ3n) is 5.00. The maximum atomic E-state index is 12.7. The lowest BCUT2D eigenvalue weighted by molar-refractivity contribution is -0.138. The van der Waals surface area contributed by atoms with Gasteiger partial charge in [0.1, 0.15) is 24.2 Å². The van der Waals surface area contributed by atoms with Crippen LogP contribution in [0.25, 0.3) is 12.2 Å². The molecule has 0 aliphatic rings. The number of hydrogen-bond donors (Lipinski definition) is 6. The van der Waals surface area contributed by atoms with Gasteiger partial charge in [0.05, 0.1) is 11.1 Å². The van der Waals surface area contributed by atoms with Crippen molar-refractivity contribution in [3.63, 3.8) is 0 Å². The number of carboxylic acids is 2. The topological polar surface area (TPSA) is 245 Å². The van der Waals surface area contributed by atoms with E-state index in [9.17, 15) is 39.0 Å². The zero-order chi connectivity index (χ0) is 26.8. The van der Waals surface area contributed by atoms with Crippen LogP contribution < -0.4 is 22.6 Å². The molecule has 0 radical (unpaired) electrons. The Kier molecular flexibility index (Phi) is 7.33. The number of primary amides is 2. The van der Waals surface area contributed by atoms with Crippen LogP contribution >= 0.6 is 0 Å². The highest BCUT2D eigenvalue weighted by Gasteiger charge is 2.24. The van der Waals surface area contributed by atoms with E-state index in [-0.39, 0.29) is 22.3 Å². The van der Waals surface area contributed by atoms with Crippen molar-refractivity contribution in [3.05, 3.63) is 59.8 Å². The number of aromatic hydroxyl groups is 2. The van der Waals surface area contributed by atoms with Crippen LogP contribution in [-0.2, 0) is 22.7 Å². The lowest BCUT2D eigenvalue weighted by atomic mass is 10.0. The van der Waals surface area contributed by atoms with Crippen molar-refractivity contribution in [1.29, 1.82) is 0 Å². The number of carboxylic acid groups (broad SMARTS) is 2. The van der Waals surface area contributed by atoms with Gasteiger partial charge in [0.15, 0.2) is 0 Å². The van der Waals surface area contributed by atoms with Crippen LogP contribution in [0.4, 0.5) is 0 Å². The number of amides is 2. The highest BCUT2D eigenvalue weighted by molar-refractivity contribution is 5.98. The largest absolute Gasteiger partial charge is 0.494 e. The van der Waals surface area contributed by atoms with Crippen LogP contribution in [0.5, 0.6) is 11.8 Å². The van der Waals surface area contributed by atoms with E-state index in [0.29, 0.717) is 9.13 Å². The molecule has 35 heavy (non-hydrogen) atoms. The molecule has 8 N–H and O–H groups in total. The Morgan fingerprint density at radius 1 is 0.771 bits per heavy atom. The minimum Gasteiger partial charge on any atom is -0.494 e. The fraction of sp³-hybridized carbons (Fsp3) is 0.190. The summed E-state index contributed by atoms with van der Waals surface area (Å²) in [4.78, 5) is 71.2. The Hall–Kier alpha value is -5.10. The fourth-order valence-electron chi connectivity index (χ4n) is 3.38. The SMILES string of the molecule is Cc1c(C(N)=O)c(O)n(CC(=O)O)c(=O)c1C=C=Cc1c(C)c(C(N)=O)c(O)n(CC(=O)O)c1=O. The van der Waals surface area contributed by atoms with E-state index >= 15 is 0 Å². The minimum atomic E-state index is -1.50. The van der Waals surface area contributed by atoms with Crippen LogP contribution in [0, 0.1) is 13.8 Å². The van der Waals surface area contributed by atoms with Crippen LogP contribution in [0.2, 0.25) is 0 Å². The predicted molar refractivity (Wildman–Crippen MR) is 119 cm³/mol. The molecule has 0 aromatic carbocycles. The molecular weight excluding hydrogens is 468 g/mol. The third kappa shape index (κ3) is 4.96. The monoisotopic (exact) mass is 488 g/mol. The predicted octanol–water partition coefficient (Wildman–Crippen LogP) is -1.27. The number of aromatic nitrogens is 2. The Morgan fingerprint density at radius 2 is 1.09 bits per heavy atom. The molecule has 0 saturated carbocycles. The van der Waals surface area contributed by atoms with Gasteiger partial charge in [-0.15, -0.1) is 5.73 Å². The molecule has 2 heterocycles. The van der Waals surface area contributed by atoms with Crippen molar-refractivity contribution in [2.45, 2.75) is 26.9 Å². The normalized spacial score (nSPS) is 10.3. The lowest BCUT2D eigenvalue weighted by Gasteiger charge is -2.14. The smallest absolute Gasteiger partial charge is 0.323 e. The molecule has 0 aliphatic heterocycles. The van der Waals surface area contributed by atoms with E-state index in [1.54, 1.807) is 0 Å². The summed E-state index contributed by atoms with van der Waals surface area (Å²) in [7, 11) is 0. The number of pyridine rings is 2. The van der Waals surface area contributed by atoms with E-state index in [2.05, 4.69) is 5.73 Å². The molecule has 0 fully saturated rings. The molecule has 0 saturated heterocycles. The maximum absolute atomic E-state index is 12.7. The van der Waals surface area contributed by atoms with Gasteiger partial charge in [0, 0.05) is 0 Å². The van der Waals surface area contributed by atoms with Crippen molar-refractivity contribution >= 4 is 35.9 Å². The van der Waals surface area contributed by atoms with E-state index in [0.717, 1.165) is 12.2 Å². The summed E-state index contributed by atoms with van der Waals surface area (Å²) in [5, 5.41) is 38.4. The van der Waals surface area contributed by atoms with Gasteiger partial charge in [0.2, 0.25) is 11.8 Å². The summed E-state index contributed by atoms with van der Waals surface area (Å²) in [5.74, 6) is -7.17. The summed E-state index contributed by atoms with van der Waals surface area (Å²) < 4.78 is 0.805. The summed E-state index contributed by atoms with van der Waals surface area (Å²) in [5.41, 5.74) is 9.09. The van der Waals surface area contributed by atoms with Gasteiger partial charge in [0.25, 0.3) is 22.9 Å². The molecule has 0 atom stereocenters. The van der Waals surface area contributed by atoms with Gasteiger partial charge < -0.3 is 31.9 Å². The number of nitrogens with two attached hydrogens (primary N) is 2. The Morgan fingerprint density at radius 3 is 1.34 bits per heavy atom. The Labute approximate surface area is 195 Å². The van der Waals surface area contributed by atoms with Gasteiger partial charge >= 0.3 is 11.9 Å². The Bertz CT molecular complexity index is 1370. The van der Waals surface area contributed by atoms with Crippen molar-refractivity contribution in [2.24, 2.45) is 11.5 Å². The van der Waals surface area contributed by atoms with Crippen molar-refractivity contribution in [3.8, 4) is 11.8 Å². The number of nitrogens with zero attached hydrogens (tertiary/aromatic N) is 2. The highest BCUT2D eigenvalue weighted by Crippen LogP contribution is 2.23. The summed E-state index contributed by atoms with van der Waals surface area (Å²) in [6.07, 6.45) is 1.94. The van der Waals surface area contributed by atoms with E-state index in [1.807, 2.05) is 0 Å². The van der Waals surface area contributed by atoms with E-state index < -0.39 is 70.8 Å². The highest BCUT2D eigenvalue weighted by atomic mass is 16.4. The molecule has 0 unspecified atom stereocenters. The molecule has 2 amide bonds. The standard InChI is InChI=1S/C21H20N4O10/c1-8-10(18(32)24(6-12(26)27)20(34)14(8)16(22)30)4-3-5-11-9(2)15(17(23)31)21(35)25(19(11)33)7-13(28)29/h4-5,34-35H,6-7H2,1-2H3,(H2,22,30)(H2,23,31)(H,26,27)(H,28,29). The molecule has 2 aromatic heterocycles. The van der Waals surface area contributed by atoms with Gasteiger partial charge in [-0.2, -0.15) is 0 Å². The number of rotatable bonds is 8. The first kappa shape index (κ1) is 26.2. The zero-order valence-electron chi connectivity index (χ0n) is 18.4. The number of carbonyl (C=O) groups is 4. The molecule has 0 aliphatic carbocycles. The third-order valence-corrected chi connectivity index (χ3v) is 5.00. The quantitative estimate of drug-likeness (QED) is 0.240. The van der Waals surface area contributed by atoms with Crippen LogP contribution in [-0.4, -0.2) is 53.3 Å². The fourth-order valence-corrected chi connectivity index (χ4v) is 3.38. The van der Waals surface area contributed by atoms with Crippen molar-refractivity contribution in [1.82, 2.24) is 9.13 Å². The molecule has 14 heteroatoms. The maximum Gasteiger partial charge on any atom is 0.323 e. The van der Waals surface area contributed by atoms with Gasteiger partial charge in [-0.25, -0.2) is 0 Å². The second-order valence-corrected chi connectivity index (χ2v) is 7.23. The summed E-state index contributed by atoms with van der Waals surface area (Å²) >= 11 is 0.